The van der Waals surface area contributed by atoms with Gasteiger partial charge in [0.15, 0.2) is 0 Å². The summed E-state index contributed by atoms with van der Waals surface area (Å²) >= 11 is 2.36. The van der Waals surface area contributed by atoms with Gasteiger partial charge >= 0.3 is 0 Å². The molecule has 0 aliphatic rings. The summed E-state index contributed by atoms with van der Waals surface area (Å²) in [5.41, 5.74) is 2.72. The Morgan fingerprint density at radius 2 is 1.91 bits per heavy atom. The second-order valence-electron chi connectivity index (χ2n) is 2.96. The molecule has 11 heavy (non-hydrogen) atoms. The number of hydrogen-bond donors (Lipinski definition) is 0. The molecule has 0 heterocycles. The fraction of sp³-hybridized carbons (Fsp3) is 0.300. The van der Waals surface area contributed by atoms with Gasteiger partial charge in [-0.3, -0.25) is 0 Å². The van der Waals surface area contributed by atoms with E-state index in [4.69, 9.17) is 0 Å². The Morgan fingerprint density at radius 1 is 1.27 bits per heavy atom. The van der Waals surface area contributed by atoms with E-state index in [9.17, 15) is 0 Å². The van der Waals surface area contributed by atoms with Crippen LogP contribution in [0.1, 0.15) is 25.0 Å². The van der Waals surface area contributed by atoms with E-state index in [1.165, 1.54) is 20.6 Å². The molecule has 1 heteroatoms. The quantitative estimate of drug-likeness (QED) is 0.676. The second kappa shape index (κ2) is 3.57. The van der Waals surface area contributed by atoms with Crippen molar-refractivity contribution >= 4 is 22.6 Å². The molecule has 0 atom stereocenters. The summed E-state index contributed by atoms with van der Waals surface area (Å²) in [5, 5.41) is 0. The molecule has 0 aromatic heterocycles. The SMILES string of the molecule is C[C](C)c1ccc(I)c(C)c1. The number of halogens is 1. The van der Waals surface area contributed by atoms with Gasteiger partial charge in [-0.1, -0.05) is 26.0 Å². The molecule has 59 valence electrons. The maximum atomic E-state index is 2.36. The highest BCUT2D eigenvalue weighted by molar-refractivity contribution is 14.1. The van der Waals surface area contributed by atoms with Crippen LogP contribution in [0.4, 0.5) is 0 Å². The third-order valence-electron chi connectivity index (χ3n) is 1.74. The lowest BCUT2D eigenvalue weighted by atomic mass is 10.0. The summed E-state index contributed by atoms with van der Waals surface area (Å²) in [5.74, 6) is 1.38. The molecule has 0 N–H and O–H groups in total. The van der Waals surface area contributed by atoms with Crippen molar-refractivity contribution in [3.8, 4) is 0 Å². The minimum Gasteiger partial charge on any atom is -0.0574 e. The van der Waals surface area contributed by atoms with E-state index in [2.05, 4.69) is 61.6 Å². The monoisotopic (exact) mass is 259 g/mol. The highest BCUT2D eigenvalue weighted by atomic mass is 127. The maximum Gasteiger partial charge on any atom is 0.0159 e. The minimum absolute atomic E-state index is 1.34. The van der Waals surface area contributed by atoms with Crippen LogP contribution in [0, 0.1) is 16.4 Å². The van der Waals surface area contributed by atoms with Crippen molar-refractivity contribution in [3.05, 3.63) is 38.8 Å². The number of hydrogen-bond acceptors (Lipinski definition) is 0. The summed E-state index contributed by atoms with van der Waals surface area (Å²) in [6.45, 7) is 6.43. The van der Waals surface area contributed by atoms with Gasteiger partial charge in [0.05, 0.1) is 0 Å². The fourth-order valence-corrected chi connectivity index (χ4v) is 1.29. The molecular formula is C10H12I. The van der Waals surface area contributed by atoms with E-state index in [1.54, 1.807) is 0 Å². The first-order valence-corrected chi connectivity index (χ1v) is 4.76. The first-order chi connectivity index (χ1) is 5.11. The van der Waals surface area contributed by atoms with Gasteiger partial charge in [-0.15, -0.1) is 0 Å². The van der Waals surface area contributed by atoms with Crippen molar-refractivity contribution in [3.63, 3.8) is 0 Å². The fourth-order valence-electron chi connectivity index (χ4n) is 0.956. The maximum absolute atomic E-state index is 2.36. The Morgan fingerprint density at radius 3 is 2.36 bits per heavy atom. The molecule has 0 amide bonds. The topological polar surface area (TPSA) is 0 Å². The Hall–Kier alpha value is -0.0500. The van der Waals surface area contributed by atoms with Crippen molar-refractivity contribution in [2.75, 3.05) is 0 Å². The van der Waals surface area contributed by atoms with Crippen LogP contribution in [-0.2, 0) is 0 Å². The van der Waals surface area contributed by atoms with E-state index in [0.29, 0.717) is 0 Å². The average Bonchev–Trinajstić information content (AvgIpc) is 1.94. The molecule has 0 saturated heterocycles. The second-order valence-corrected chi connectivity index (χ2v) is 4.13. The molecule has 1 aromatic rings. The third kappa shape index (κ3) is 2.19. The molecule has 1 rings (SSSR count). The zero-order valence-electron chi connectivity index (χ0n) is 7.11. The van der Waals surface area contributed by atoms with Crippen molar-refractivity contribution < 1.29 is 0 Å². The molecule has 0 unspecified atom stereocenters. The molecule has 1 radical (unpaired) electrons. The van der Waals surface area contributed by atoms with Crippen molar-refractivity contribution in [2.24, 2.45) is 0 Å². The van der Waals surface area contributed by atoms with Crippen molar-refractivity contribution in [1.82, 2.24) is 0 Å². The van der Waals surface area contributed by atoms with Crippen molar-refractivity contribution in [1.29, 1.82) is 0 Å². The van der Waals surface area contributed by atoms with Gasteiger partial charge in [0.25, 0.3) is 0 Å². The molecule has 0 aliphatic heterocycles. The Bertz CT molecular complexity index is 251. The van der Waals surface area contributed by atoms with Gasteiger partial charge in [-0.25, -0.2) is 0 Å². The standard InChI is InChI=1S/C10H12I/c1-7(2)9-4-5-10(11)8(3)6-9/h4-6H,1-3H3. The molecule has 0 nitrogen and oxygen atoms in total. The van der Waals surface area contributed by atoms with Gasteiger partial charge in [0.1, 0.15) is 0 Å². The summed E-state index contributed by atoms with van der Waals surface area (Å²) < 4.78 is 1.34. The van der Waals surface area contributed by atoms with Gasteiger partial charge in [0.2, 0.25) is 0 Å². The van der Waals surface area contributed by atoms with Crippen LogP contribution < -0.4 is 0 Å². The lowest BCUT2D eigenvalue weighted by Crippen LogP contribution is -1.90. The first kappa shape index (κ1) is 9.04. The smallest absolute Gasteiger partial charge is 0.0159 e. The van der Waals surface area contributed by atoms with Crippen LogP contribution in [-0.4, -0.2) is 0 Å². The van der Waals surface area contributed by atoms with Crippen LogP contribution in [0.2, 0.25) is 0 Å². The highest BCUT2D eigenvalue weighted by Gasteiger charge is 2.00. The predicted molar refractivity (Wildman–Crippen MR) is 57.6 cm³/mol. The lowest BCUT2D eigenvalue weighted by molar-refractivity contribution is 1.14. The van der Waals surface area contributed by atoms with E-state index in [0.717, 1.165) is 0 Å². The van der Waals surface area contributed by atoms with Crippen LogP contribution >= 0.6 is 22.6 Å². The van der Waals surface area contributed by atoms with Gasteiger partial charge in [-0.05, 0) is 52.6 Å². The van der Waals surface area contributed by atoms with Crippen molar-refractivity contribution in [2.45, 2.75) is 20.8 Å². The number of rotatable bonds is 1. The van der Waals surface area contributed by atoms with Crippen LogP contribution in [0.5, 0.6) is 0 Å². The zero-order valence-corrected chi connectivity index (χ0v) is 9.27. The summed E-state index contributed by atoms with van der Waals surface area (Å²) in [6.07, 6.45) is 0. The zero-order chi connectivity index (χ0) is 8.43. The van der Waals surface area contributed by atoms with E-state index in [1.807, 2.05) is 0 Å². The molecule has 0 saturated carbocycles. The summed E-state index contributed by atoms with van der Waals surface area (Å²) in [6, 6.07) is 6.57. The van der Waals surface area contributed by atoms with Gasteiger partial charge in [-0.2, -0.15) is 0 Å². The Labute approximate surface area is 82.2 Å². The molecule has 0 bridgehead atoms. The third-order valence-corrected chi connectivity index (χ3v) is 2.95. The molecule has 1 aromatic carbocycles. The number of aryl methyl sites for hydroxylation is 1. The Balaban J connectivity index is 3.05. The number of benzene rings is 1. The van der Waals surface area contributed by atoms with Crippen LogP contribution in [0.3, 0.4) is 0 Å². The molecule has 0 fully saturated rings. The van der Waals surface area contributed by atoms with Crippen LogP contribution in [0.25, 0.3) is 0 Å². The Kier molecular flexibility index (Phi) is 2.93. The molecule has 0 spiro atoms. The lowest BCUT2D eigenvalue weighted by Gasteiger charge is -2.06. The highest BCUT2D eigenvalue weighted by Crippen LogP contribution is 2.18. The minimum atomic E-state index is 1.34. The van der Waals surface area contributed by atoms with E-state index < -0.39 is 0 Å². The average molecular weight is 259 g/mol. The van der Waals surface area contributed by atoms with Crippen LogP contribution in [0.15, 0.2) is 18.2 Å². The largest absolute Gasteiger partial charge is 0.0574 e. The normalized spacial score (nSPS) is 10.6. The van der Waals surface area contributed by atoms with E-state index in [-0.39, 0.29) is 0 Å². The summed E-state index contributed by atoms with van der Waals surface area (Å²) in [7, 11) is 0. The van der Waals surface area contributed by atoms with Gasteiger partial charge in [0, 0.05) is 3.57 Å². The van der Waals surface area contributed by atoms with E-state index >= 15 is 0 Å². The first-order valence-electron chi connectivity index (χ1n) is 3.68. The molecular weight excluding hydrogens is 247 g/mol. The predicted octanol–water partition coefficient (Wildman–Crippen LogP) is 3.56. The van der Waals surface area contributed by atoms with Gasteiger partial charge < -0.3 is 0 Å². The summed E-state index contributed by atoms with van der Waals surface area (Å²) in [4.78, 5) is 0. The molecule has 0 aliphatic carbocycles.